The summed E-state index contributed by atoms with van der Waals surface area (Å²) in [5.41, 5.74) is 5.64. The summed E-state index contributed by atoms with van der Waals surface area (Å²) >= 11 is 0. The minimum absolute atomic E-state index is 0.259. The van der Waals surface area contributed by atoms with Gasteiger partial charge in [-0.1, -0.05) is 52.7 Å². The van der Waals surface area contributed by atoms with Gasteiger partial charge in [-0.2, -0.15) is 0 Å². The molecule has 1 saturated heterocycles. The van der Waals surface area contributed by atoms with Crippen molar-refractivity contribution in [1.82, 2.24) is 0 Å². The van der Waals surface area contributed by atoms with Crippen molar-refractivity contribution in [2.24, 2.45) is 0 Å². The first-order valence-electron chi connectivity index (χ1n) is 8.99. The Balaban J connectivity index is 2.51. The summed E-state index contributed by atoms with van der Waals surface area (Å²) in [5.74, 6) is 0.511. The Bertz CT molecular complexity index is 487. The smallest absolute Gasteiger partial charge is 0.152 e. The molecule has 1 fully saturated rings. The Morgan fingerprint density at radius 1 is 1.09 bits per heavy atom. The van der Waals surface area contributed by atoms with Gasteiger partial charge in [0.15, 0.2) is 5.60 Å². The summed E-state index contributed by atoms with van der Waals surface area (Å²) in [7, 11) is 0. The van der Waals surface area contributed by atoms with Crippen LogP contribution in [0.25, 0.3) is 0 Å². The molecule has 0 N–H and O–H groups in total. The van der Waals surface area contributed by atoms with Crippen LogP contribution in [-0.2, 0) is 28.2 Å². The lowest BCUT2D eigenvalue weighted by atomic mass is 9.79. The molecule has 1 aromatic rings. The van der Waals surface area contributed by atoms with Gasteiger partial charge in [0, 0.05) is 0 Å². The van der Waals surface area contributed by atoms with Crippen molar-refractivity contribution in [3.8, 4) is 0 Å². The standard InChI is InChI=1S/C20H32O2/c1-6-8-10-16-12-13-17(15(3)4)19(18(16)11-9-7-2)20(5)14-21-22-20/h12-13,15H,6-11,14H2,1-5H3. The lowest BCUT2D eigenvalue weighted by molar-refractivity contribution is -0.474. The number of unbranched alkanes of at least 4 members (excludes halogenated alkanes) is 2. The van der Waals surface area contributed by atoms with Crippen LogP contribution in [0.3, 0.4) is 0 Å². The Kier molecular flexibility index (Phi) is 6.05. The summed E-state index contributed by atoms with van der Waals surface area (Å²) in [6.07, 6.45) is 7.30. The van der Waals surface area contributed by atoms with E-state index < -0.39 is 0 Å². The summed E-state index contributed by atoms with van der Waals surface area (Å²) < 4.78 is 0. The predicted molar refractivity (Wildman–Crippen MR) is 92.1 cm³/mol. The van der Waals surface area contributed by atoms with E-state index in [-0.39, 0.29) is 5.60 Å². The molecule has 124 valence electrons. The molecule has 0 spiro atoms. The topological polar surface area (TPSA) is 18.5 Å². The third-order valence-corrected chi connectivity index (χ3v) is 4.75. The molecule has 1 aliphatic rings. The molecule has 0 aromatic heterocycles. The van der Waals surface area contributed by atoms with Gasteiger partial charge in [-0.25, -0.2) is 9.78 Å². The highest BCUT2D eigenvalue weighted by atomic mass is 17.2. The van der Waals surface area contributed by atoms with E-state index in [1.807, 2.05) is 0 Å². The molecule has 1 atom stereocenters. The molecule has 2 heteroatoms. The van der Waals surface area contributed by atoms with Crippen LogP contribution in [0.15, 0.2) is 12.1 Å². The van der Waals surface area contributed by atoms with Crippen LogP contribution in [0, 0.1) is 0 Å². The van der Waals surface area contributed by atoms with Crippen LogP contribution < -0.4 is 0 Å². The summed E-state index contributed by atoms with van der Waals surface area (Å²) in [5, 5.41) is 0. The lowest BCUT2D eigenvalue weighted by Crippen LogP contribution is -2.43. The van der Waals surface area contributed by atoms with Gasteiger partial charge >= 0.3 is 0 Å². The average molecular weight is 304 g/mol. The van der Waals surface area contributed by atoms with E-state index in [0.717, 1.165) is 6.42 Å². The molecule has 0 saturated carbocycles. The fraction of sp³-hybridized carbons (Fsp3) is 0.700. The highest BCUT2D eigenvalue weighted by Gasteiger charge is 2.42. The van der Waals surface area contributed by atoms with Crippen molar-refractivity contribution in [3.05, 3.63) is 34.4 Å². The Morgan fingerprint density at radius 3 is 2.23 bits per heavy atom. The van der Waals surface area contributed by atoms with Gasteiger partial charge in [-0.3, -0.25) is 0 Å². The van der Waals surface area contributed by atoms with Crippen LogP contribution in [-0.4, -0.2) is 6.61 Å². The van der Waals surface area contributed by atoms with Gasteiger partial charge < -0.3 is 0 Å². The highest BCUT2D eigenvalue weighted by molar-refractivity contribution is 5.47. The van der Waals surface area contributed by atoms with Gasteiger partial charge in [0.2, 0.25) is 0 Å². The van der Waals surface area contributed by atoms with E-state index in [1.54, 1.807) is 0 Å². The number of benzene rings is 1. The first-order chi connectivity index (χ1) is 10.5. The third-order valence-electron chi connectivity index (χ3n) is 4.75. The maximum Gasteiger partial charge on any atom is 0.152 e. The van der Waals surface area contributed by atoms with Gasteiger partial charge in [0.25, 0.3) is 0 Å². The van der Waals surface area contributed by atoms with Crippen LogP contribution in [0.4, 0.5) is 0 Å². The molecule has 1 aliphatic heterocycles. The number of hydrogen-bond acceptors (Lipinski definition) is 2. The number of aryl methyl sites for hydroxylation is 1. The largest absolute Gasteiger partial charge is 0.232 e. The van der Waals surface area contributed by atoms with Crippen molar-refractivity contribution >= 4 is 0 Å². The van der Waals surface area contributed by atoms with E-state index >= 15 is 0 Å². The Labute approximate surface area is 136 Å². The minimum Gasteiger partial charge on any atom is -0.232 e. The second-order valence-corrected chi connectivity index (χ2v) is 7.11. The molecule has 0 radical (unpaired) electrons. The molecule has 1 heterocycles. The Hall–Kier alpha value is -0.860. The normalized spacial score (nSPS) is 21.2. The molecule has 1 unspecified atom stereocenters. The van der Waals surface area contributed by atoms with E-state index in [9.17, 15) is 0 Å². The van der Waals surface area contributed by atoms with E-state index in [2.05, 4.69) is 46.8 Å². The van der Waals surface area contributed by atoms with Crippen LogP contribution in [0.2, 0.25) is 0 Å². The molecule has 1 aromatic carbocycles. The maximum absolute atomic E-state index is 5.58. The second-order valence-electron chi connectivity index (χ2n) is 7.11. The van der Waals surface area contributed by atoms with Crippen molar-refractivity contribution in [3.63, 3.8) is 0 Å². The first-order valence-corrected chi connectivity index (χ1v) is 8.99. The minimum atomic E-state index is -0.259. The van der Waals surface area contributed by atoms with E-state index in [0.29, 0.717) is 12.5 Å². The maximum atomic E-state index is 5.58. The van der Waals surface area contributed by atoms with Gasteiger partial charge in [0.1, 0.15) is 6.61 Å². The fourth-order valence-corrected chi connectivity index (χ4v) is 3.40. The van der Waals surface area contributed by atoms with Crippen LogP contribution in [0.1, 0.15) is 88.5 Å². The molecule has 2 nitrogen and oxygen atoms in total. The molecule has 2 rings (SSSR count). The molecular formula is C20H32O2. The van der Waals surface area contributed by atoms with Gasteiger partial charge in [-0.05, 0) is 60.8 Å². The molecule has 22 heavy (non-hydrogen) atoms. The zero-order chi connectivity index (χ0) is 16.2. The molecule has 0 amide bonds. The highest BCUT2D eigenvalue weighted by Crippen LogP contribution is 2.42. The SMILES string of the molecule is CCCCc1ccc(C(C)C)c(C2(C)COO2)c1CCCC. The van der Waals surface area contributed by atoms with E-state index in [1.165, 1.54) is 54.4 Å². The Morgan fingerprint density at radius 2 is 1.73 bits per heavy atom. The monoisotopic (exact) mass is 304 g/mol. The predicted octanol–water partition coefficient (Wildman–Crippen LogP) is 5.67. The molecular weight excluding hydrogens is 272 g/mol. The van der Waals surface area contributed by atoms with Crippen molar-refractivity contribution < 1.29 is 9.78 Å². The van der Waals surface area contributed by atoms with Gasteiger partial charge in [0.05, 0.1) is 0 Å². The van der Waals surface area contributed by atoms with E-state index in [4.69, 9.17) is 9.78 Å². The van der Waals surface area contributed by atoms with Crippen molar-refractivity contribution in [2.45, 2.75) is 84.7 Å². The molecule has 0 aliphatic carbocycles. The first kappa shape index (κ1) is 17.5. The van der Waals surface area contributed by atoms with Crippen LogP contribution in [0.5, 0.6) is 0 Å². The quantitative estimate of drug-likeness (QED) is 0.576. The summed E-state index contributed by atoms with van der Waals surface area (Å²) in [6, 6.07) is 4.69. The van der Waals surface area contributed by atoms with Crippen molar-refractivity contribution in [1.29, 1.82) is 0 Å². The lowest BCUT2D eigenvalue weighted by Gasteiger charge is -2.40. The summed E-state index contributed by atoms with van der Waals surface area (Å²) in [4.78, 5) is 10.7. The fourth-order valence-electron chi connectivity index (χ4n) is 3.40. The molecule has 0 bridgehead atoms. The van der Waals surface area contributed by atoms with Crippen molar-refractivity contribution in [2.75, 3.05) is 6.61 Å². The second kappa shape index (κ2) is 7.61. The number of rotatable bonds is 8. The zero-order valence-corrected chi connectivity index (χ0v) is 15.0. The average Bonchev–Trinajstić information content (AvgIpc) is 2.47. The third kappa shape index (κ3) is 3.55. The zero-order valence-electron chi connectivity index (χ0n) is 15.0. The van der Waals surface area contributed by atoms with Crippen LogP contribution >= 0.6 is 0 Å². The summed E-state index contributed by atoms with van der Waals surface area (Å²) in [6.45, 7) is 11.9. The number of hydrogen-bond donors (Lipinski definition) is 0. The van der Waals surface area contributed by atoms with Gasteiger partial charge in [-0.15, -0.1) is 0 Å².